The standard InChI is InChI=1S/C20H27N11S2/c32-19-21-9-4-2-1-3-5-10-22-20(33)24-12-16-14-31(29-27-16)18-8-6-7-17(25-18)30-13-15(11-23-19)26-28-30/h6-8,13-14H,1-5,9-12H2,(H2,21,23,32)(H2,22,24,33). The highest BCUT2D eigenvalue weighted by atomic mass is 32.1. The highest BCUT2D eigenvalue weighted by molar-refractivity contribution is 7.80. The monoisotopic (exact) mass is 485 g/mol. The predicted octanol–water partition coefficient (Wildman–Crippen LogP) is 1.14. The maximum atomic E-state index is 5.36. The number of hydrogen-bond acceptors (Lipinski definition) is 7. The first-order valence-electron chi connectivity index (χ1n) is 11.0. The number of thiocarbonyl (C=S) groups is 2. The van der Waals surface area contributed by atoms with Gasteiger partial charge in [0.15, 0.2) is 21.9 Å². The van der Waals surface area contributed by atoms with E-state index < -0.39 is 0 Å². The first-order valence-corrected chi connectivity index (χ1v) is 11.8. The van der Waals surface area contributed by atoms with Crippen molar-refractivity contribution in [3.63, 3.8) is 0 Å². The highest BCUT2D eigenvalue weighted by Gasteiger charge is 2.09. The molecule has 1 aliphatic heterocycles. The van der Waals surface area contributed by atoms with Crippen molar-refractivity contribution in [3.05, 3.63) is 42.0 Å². The van der Waals surface area contributed by atoms with Gasteiger partial charge in [-0.2, -0.15) is 0 Å². The molecule has 0 fully saturated rings. The third-order valence-corrected chi connectivity index (χ3v) is 5.63. The van der Waals surface area contributed by atoms with Gasteiger partial charge in [-0.05, 0) is 49.4 Å². The van der Waals surface area contributed by atoms with E-state index in [0.29, 0.717) is 35.0 Å². The van der Waals surface area contributed by atoms with Crippen LogP contribution in [0.25, 0.3) is 11.6 Å². The minimum Gasteiger partial charge on any atom is -0.363 e. The fourth-order valence-corrected chi connectivity index (χ4v) is 3.65. The predicted molar refractivity (Wildman–Crippen MR) is 132 cm³/mol. The molecule has 174 valence electrons. The number of fused-ring (bicyclic) bond motifs is 8. The van der Waals surface area contributed by atoms with Crippen molar-refractivity contribution in [1.29, 1.82) is 0 Å². The molecule has 0 atom stereocenters. The Morgan fingerprint density at radius 3 is 1.67 bits per heavy atom. The van der Waals surface area contributed by atoms with Crippen LogP contribution in [0.4, 0.5) is 0 Å². The van der Waals surface area contributed by atoms with E-state index in [9.17, 15) is 0 Å². The molecule has 3 aromatic heterocycles. The van der Waals surface area contributed by atoms with Crippen LogP contribution < -0.4 is 21.3 Å². The second-order valence-electron chi connectivity index (χ2n) is 7.65. The van der Waals surface area contributed by atoms with Crippen LogP contribution >= 0.6 is 24.4 Å². The Kier molecular flexibility index (Phi) is 8.09. The molecule has 13 heteroatoms. The molecule has 0 saturated heterocycles. The summed E-state index contributed by atoms with van der Waals surface area (Å²) in [5, 5.41) is 30.9. The van der Waals surface area contributed by atoms with E-state index >= 15 is 0 Å². The van der Waals surface area contributed by atoms with Crippen molar-refractivity contribution in [2.24, 2.45) is 0 Å². The Labute approximate surface area is 202 Å². The van der Waals surface area contributed by atoms with E-state index in [0.717, 1.165) is 50.2 Å². The second kappa shape index (κ2) is 11.6. The van der Waals surface area contributed by atoms with Gasteiger partial charge in [-0.25, -0.2) is 14.3 Å². The minimum absolute atomic E-state index is 0.486. The summed E-state index contributed by atoms with van der Waals surface area (Å²) in [6.45, 7) is 2.67. The van der Waals surface area contributed by atoms with Crippen LogP contribution in [-0.4, -0.2) is 58.3 Å². The van der Waals surface area contributed by atoms with Crippen LogP contribution in [0.5, 0.6) is 0 Å². The van der Waals surface area contributed by atoms with Crippen molar-refractivity contribution >= 4 is 34.7 Å². The molecule has 0 saturated carbocycles. The van der Waals surface area contributed by atoms with Gasteiger partial charge in [0.1, 0.15) is 11.4 Å². The molecule has 0 aromatic carbocycles. The van der Waals surface area contributed by atoms with Crippen LogP contribution in [0.2, 0.25) is 0 Å². The average Bonchev–Trinajstić information content (AvgIpc) is 3.50. The maximum absolute atomic E-state index is 5.36. The first kappa shape index (κ1) is 23.0. The lowest BCUT2D eigenvalue weighted by Gasteiger charge is -2.10. The Bertz CT molecular complexity index is 998. The highest BCUT2D eigenvalue weighted by Crippen LogP contribution is 2.09. The molecule has 33 heavy (non-hydrogen) atoms. The smallest absolute Gasteiger partial charge is 0.166 e. The molecule has 6 bridgehead atoms. The van der Waals surface area contributed by atoms with Crippen molar-refractivity contribution < 1.29 is 0 Å². The molecule has 0 spiro atoms. The van der Waals surface area contributed by atoms with Crippen LogP contribution in [0, 0.1) is 0 Å². The summed E-state index contributed by atoms with van der Waals surface area (Å²) in [7, 11) is 0. The van der Waals surface area contributed by atoms with E-state index in [1.165, 1.54) is 6.42 Å². The van der Waals surface area contributed by atoms with Gasteiger partial charge in [-0.3, -0.25) is 0 Å². The zero-order valence-corrected chi connectivity index (χ0v) is 19.8. The van der Waals surface area contributed by atoms with Gasteiger partial charge in [0.05, 0.1) is 25.5 Å². The molecule has 4 N–H and O–H groups in total. The summed E-state index contributed by atoms with van der Waals surface area (Å²) in [6, 6.07) is 5.60. The number of rotatable bonds is 0. The second-order valence-corrected chi connectivity index (χ2v) is 8.47. The first-order chi connectivity index (χ1) is 16.2. The molecule has 4 rings (SSSR count). The Morgan fingerprint density at radius 1 is 0.667 bits per heavy atom. The summed E-state index contributed by atoms with van der Waals surface area (Å²) >= 11 is 10.7. The molecule has 3 aromatic rings. The van der Waals surface area contributed by atoms with Gasteiger partial charge in [-0.15, -0.1) is 10.2 Å². The Hall–Kier alpha value is -3.19. The third kappa shape index (κ3) is 6.89. The lowest BCUT2D eigenvalue weighted by atomic mass is 10.1. The quantitative estimate of drug-likeness (QED) is 0.343. The van der Waals surface area contributed by atoms with Gasteiger partial charge in [-0.1, -0.05) is 35.8 Å². The van der Waals surface area contributed by atoms with Crippen LogP contribution in [0.1, 0.15) is 43.5 Å². The Morgan fingerprint density at radius 2 is 1.15 bits per heavy atom. The summed E-state index contributed by atoms with van der Waals surface area (Å²) < 4.78 is 3.25. The van der Waals surface area contributed by atoms with Gasteiger partial charge in [0.2, 0.25) is 0 Å². The third-order valence-electron chi connectivity index (χ3n) is 5.06. The fourth-order valence-electron chi connectivity index (χ4n) is 3.30. The maximum Gasteiger partial charge on any atom is 0.166 e. The number of nitrogens with zero attached hydrogens (tertiary/aromatic N) is 7. The molecular formula is C20H27N11S2. The average molecular weight is 486 g/mol. The van der Waals surface area contributed by atoms with E-state index in [4.69, 9.17) is 24.4 Å². The lowest BCUT2D eigenvalue weighted by molar-refractivity contribution is 0.599. The number of pyridine rings is 1. The van der Waals surface area contributed by atoms with E-state index in [1.54, 1.807) is 9.36 Å². The molecule has 0 amide bonds. The van der Waals surface area contributed by atoms with Crippen molar-refractivity contribution in [2.45, 2.75) is 45.2 Å². The van der Waals surface area contributed by atoms with Gasteiger partial charge >= 0.3 is 0 Å². The molecule has 4 heterocycles. The van der Waals surface area contributed by atoms with Gasteiger partial charge in [0, 0.05) is 13.1 Å². The van der Waals surface area contributed by atoms with E-state index in [-0.39, 0.29) is 0 Å². The van der Waals surface area contributed by atoms with Crippen molar-refractivity contribution in [3.8, 4) is 11.6 Å². The number of hydrogen-bond donors (Lipinski definition) is 4. The summed E-state index contributed by atoms with van der Waals surface area (Å²) in [5.41, 5.74) is 1.53. The van der Waals surface area contributed by atoms with Crippen molar-refractivity contribution in [2.75, 3.05) is 13.1 Å². The molecule has 1 aliphatic rings. The number of nitrogens with one attached hydrogen (secondary N) is 4. The molecule has 0 radical (unpaired) electrons. The molecule has 0 aliphatic carbocycles. The normalized spacial score (nSPS) is 16.5. The zero-order chi connectivity index (χ0) is 22.9. The topological polar surface area (TPSA) is 122 Å². The molecule has 11 nitrogen and oxygen atoms in total. The fraction of sp³-hybridized carbons (Fsp3) is 0.450. The zero-order valence-electron chi connectivity index (χ0n) is 18.2. The molecular weight excluding hydrogens is 458 g/mol. The van der Waals surface area contributed by atoms with E-state index in [1.807, 2.05) is 30.6 Å². The lowest BCUT2D eigenvalue weighted by Crippen LogP contribution is -2.35. The molecule has 0 unspecified atom stereocenters. The number of aromatic nitrogens is 7. The summed E-state index contributed by atoms with van der Waals surface area (Å²) in [6.07, 6.45) is 9.31. The summed E-state index contributed by atoms with van der Waals surface area (Å²) in [5.74, 6) is 1.25. The van der Waals surface area contributed by atoms with Crippen molar-refractivity contribution in [1.82, 2.24) is 56.2 Å². The Balaban J connectivity index is 1.46. The van der Waals surface area contributed by atoms with Gasteiger partial charge < -0.3 is 21.3 Å². The largest absolute Gasteiger partial charge is 0.363 e. The van der Waals surface area contributed by atoms with Crippen LogP contribution in [0.3, 0.4) is 0 Å². The van der Waals surface area contributed by atoms with Gasteiger partial charge in [0.25, 0.3) is 0 Å². The van der Waals surface area contributed by atoms with E-state index in [2.05, 4.69) is 46.9 Å². The SMILES string of the molecule is S=C1NCCCCCCCNC(=S)NCc2cn(nn2)-c2cccc(n2)-n2cc(nn2)CN1. The van der Waals surface area contributed by atoms with Crippen LogP contribution in [-0.2, 0) is 13.1 Å². The summed E-state index contributed by atoms with van der Waals surface area (Å²) in [4.78, 5) is 4.63. The van der Waals surface area contributed by atoms with Crippen LogP contribution in [0.15, 0.2) is 30.6 Å². The minimum atomic E-state index is 0.486.